The number of nitrogens with zero attached hydrogens (tertiary/aromatic N) is 1. The van der Waals surface area contributed by atoms with Crippen LogP contribution in [0.1, 0.15) is 66.5 Å². The van der Waals surface area contributed by atoms with E-state index in [-0.39, 0.29) is 24.3 Å². The molecule has 0 heterocycles. The SMILES string of the molecule is CC(C)(Cc1cccc([N+](=O)[O-])c1COC(=O)C(C)(C)C(F)(F)C(C)(C)S)OCC(C)(C)C(=O)O. The summed E-state index contributed by atoms with van der Waals surface area (Å²) >= 11 is 3.92. The summed E-state index contributed by atoms with van der Waals surface area (Å²) in [6.07, 6.45) is 0.112. The Kier molecular flexibility index (Phi) is 9.12. The number of carbonyl (C=O) groups excluding carboxylic acids is 1. The second-order valence-electron chi connectivity index (χ2n) is 10.9. The number of carboxylic acids is 1. The molecule has 0 saturated carbocycles. The van der Waals surface area contributed by atoms with E-state index in [4.69, 9.17) is 9.47 Å². The predicted octanol–water partition coefficient (Wildman–Crippen LogP) is 5.46. The molecule has 0 aliphatic heterocycles. The van der Waals surface area contributed by atoms with Gasteiger partial charge in [-0.2, -0.15) is 12.6 Å². The molecule has 0 atom stereocenters. The van der Waals surface area contributed by atoms with Gasteiger partial charge in [0.1, 0.15) is 12.0 Å². The molecule has 0 aliphatic rings. The van der Waals surface area contributed by atoms with Gasteiger partial charge in [0.2, 0.25) is 0 Å². The van der Waals surface area contributed by atoms with E-state index < -0.39 is 50.6 Å². The van der Waals surface area contributed by atoms with Crippen molar-refractivity contribution in [3.63, 3.8) is 0 Å². The molecule has 0 amide bonds. The fraction of sp³-hybridized carbons (Fsp3) is 0.667. The molecular formula is C24H35F2NO7S. The monoisotopic (exact) mass is 519 g/mol. The van der Waals surface area contributed by atoms with Crippen LogP contribution in [0.5, 0.6) is 0 Å². The van der Waals surface area contributed by atoms with Crippen molar-refractivity contribution in [3.8, 4) is 0 Å². The number of rotatable bonds is 12. The topological polar surface area (TPSA) is 116 Å². The summed E-state index contributed by atoms with van der Waals surface area (Å²) < 4.78 is 38.9. The van der Waals surface area contributed by atoms with Gasteiger partial charge in [0.15, 0.2) is 0 Å². The zero-order valence-corrected chi connectivity index (χ0v) is 22.3. The van der Waals surface area contributed by atoms with Gasteiger partial charge >= 0.3 is 11.9 Å². The van der Waals surface area contributed by atoms with Crippen LogP contribution in [0, 0.1) is 20.9 Å². The molecule has 0 unspecified atom stereocenters. The number of aliphatic carboxylic acids is 1. The van der Waals surface area contributed by atoms with E-state index in [0.29, 0.717) is 5.56 Å². The lowest BCUT2D eigenvalue weighted by Crippen LogP contribution is -2.54. The van der Waals surface area contributed by atoms with Crippen molar-refractivity contribution in [2.75, 3.05) is 6.61 Å². The smallest absolute Gasteiger partial charge is 0.318 e. The molecule has 8 nitrogen and oxygen atoms in total. The number of alkyl halides is 2. The van der Waals surface area contributed by atoms with Crippen molar-refractivity contribution in [2.24, 2.45) is 10.8 Å². The van der Waals surface area contributed by atoms with Crippen LogP contribution in [0.3, 0.4) is 0 Å². The lowest BCUT2D eigenvalue weighted by atomic mass is 9.79. The van der Waals surface area contributed by atoms with Crippen LogP contribution >= 0.6 is 12.6 Å². The highest BCUT2D eigenvalue weighted by atomic mass is 32.1. The zero-order valence-electron chi connectivity index (χ0n) is 21.4. The van der Waals surface area contributed by atoms with Crippen LogP contribution in [-0.4, -0.2) is 44.8 Å². The van der Waals surface area contributed by atoms with E-state index in [1.807, 2.05) is 0 Å². The molecule has 35 heavy (non-hydrogen) atoms. The maximum absolute atomic E-state index is 14.9. The second-order valence-corrected chi connectivity index (χ2v) is 12.0. The van der Waals surface area contributed by atoms with Crippen LogP contribution in [-0.2, 0) is 32.1 Å². The lowest BCUT2D eigenvalue weighted by Gasteiger charge is -2.39. The Balaban J connectivity index is 3.24. The summed E-state index contributed by atoms with van der Waals surface area (Å²) in [5.74, 6) is -5.83. The van der Waals surface area contributed by atoms with Gasteiger partial charge in [-0.3, -0.25) is 19.7 Å². The van der Waals surface area contributed by atoms with Crippen molar-refractivity contribution in [1.29, 1.82) is 0 Å². The van der Waals surface area contributed by atoms with E-state index in [1.165, 1.54) is 39.8 Å². The lowest BCUT2D eigenvalue weighted by molar-refractivity contribution is -0.385. The molecule has 0 bridgehead atoms. The quantitative estimate of drug-likeness (QED) is 0.163. The van der Waals surface area contributed by atoms with Gasteiger partial charge in [-0.15, -0.1) is 0 Å². The van der Waals surface area contributed by atoms with E-state index in [2.05, 4.69) is 12.6 Å². The third-order valence-corrected chi connectivity index (χ3v) is 6.16. The van der Waals surface area contributed by atoms with Crippen molar-refractivity contribution >= 4 is 30.3 Å². The van der Waals surface area contributed by atoms with E-state index in [1.54, 1.807) is 19.9 Å². The van der Waals surface area contributed by atoms with Gasteiger partial charge in [-0.1, -0.05) is 12.1 Å². The second kappa shape index (κ2) is 10.4. The highest BCUT2D eigenvalue weighted by Crippen LogP contribution is 2.48. The van der Waals surface area contributed by atoms with Crippen LogP contribution in [0.15, 0.2) is 18.2 Å². The highest BCUT2D eigenvalue weighted by molar-refractivity contribution is 7.81. The maximum atomic E-state index is 14.9. The van der Waals surface area contributed by atoms with Gasteiger partial charge in [0.05, 0.1) is 32.9 Å². The first-order chi connectivity index (χ1) is 15.6. The van der Waals surface area contributed by atoms with Crippen molar-refractivity contribution in [3.05, 3.63) is 39.4 Å². The number of ether oxygens (including phenoxy) is 2. The Morgan fingerprint density at radius 2 is 1.63 bits per heavy atom. The van der Waals surface area contributed by atoms with Gasteiger partial charge in [-0.25, -0.2) is 8.78 Å². The number of nitro benzene ring substituents is 1. The Morgan fingerprint density at radius 3 is 2.09 bits per heavy atom. The largest absolute Gasteiger partial charge is 0.481 e. The summed E-state index contributed by atoms with van der Waals surface area (Å²) in [7, 11) is 0. The molecule has 0 fully saturated rings. The summed E-state index contributed by atoms with van der Waals surface area (Å²) in [6.45, 7) is 10.1. The number of nitro groups is 1. The molecular weight excluding hydrogens is 484 g/mol. The third kappa shape index (κ3) is 7.13. The average Bonchev–Trinajstić information content (AvgIpc) is 2.69. The molecule has 11 heteroatoms. The standard InChI is InChI=1S/C24H35F2NO7S/c1-20(2,18(28)29)14-34-21(3,4)12-15-10-9-11-17(27(31)32)16(15)13-33-19(30)22(5,6)24(25,26)23(7,8)35/h9-11,35H,12-14H2,1-8H3,(H,28,29). The minimum Gasteiger partial charge on any atom is -0.481 e. The van der Waals surface area contributed by atoms with E-state index >= 15 is 0 Å². The zero-order chi connectivity index (χ0) is 27.6. The molecule has 1 rings (SSSR count). The number of benzene rings is 1. The molecule has 1 aromatic carbocycles. The number of esters is 1. The molecule has 0 aromatic heterocycles. The summed E-state index contributed by atoms with van der Waals surface area (Å²) in [5, 5.41) is 20.9. The van der Waals surface area contributed by atoms with Gasteiger partial charge in [0, 0.05) is 12.5 Å². The van der Waals surface area contributed by atoms with Gasteiger partial charge in [0.25, 0.3) is 11.6 Å². The number of thiol groups is 1. The number of carbonyl (C=O) groups is 2. The molecule has 0 saturated heterocycles. The molecule has 0 radical (unpaired) electrons. The average molecular weight is 520 g/mol. The number of hydrogen-bond acceptors (Lipinski definition) is 7. The third-order valence-electron chi connectivity index (χ3n) is 5.88. The van der Waals surface area contributed by atoms with Gasteiger partial charge < -0.3 is 14.6 Å². The summed E-state index contributed by atoms with van der Waals surface area (Å²) in [4.78, 5) is 35.1. The minimum atomic E-state index is -3.56. The number of halogens is 2. The Labute approximate surface area is 209 Å². The number of hydrogen-bond donors (Lipinski definition) is 2. The summed E-state index contributed by atoms with van der Waals surface area (Å²) in [5.41, 5.74) is -4.24. The Hall–Kier alpha value is -2.27. The van der Waals surface area contributed by atoms with E-state index in [9.17, 15) is 33.6 Å². The Morgan fingerprint density at radius 1 is 1.09 bits per heavy atom. The first kappa shape index (κ1) is 30.8. The molecule has 0 spiro atoms. The normalized spacial score (nSPS) is 13.5. The van der Waals surface area contributed by atoms with Crippen LogP contribution in [0.4, 0.5) is 14.5 Å². The maximum Gasteiger partial charge on any atom is 0.318 e. The molecule has 0 aliphatic carbocycles. The molecule has 1 N–H and O–H groups in total. The highest BCUT2D eigenvalue weighted by Gasteiger charge is 2.60. The van der Waals surface area contributed by atoms with Gasteiger partial charge in [-0.05, 0) is 61.0 Å². The fourth-order valence-electron chi connectivity index (χ4n) is 3.28. The molecule has 198 valence electrons. The van der Waals surface area contributed by atoms with Crippen molar-refractivity contribution in [1.82, 2.24) is 0 Å². The van der Waals surface area contributed by atoms with E-state index in [0.717, 1.165) is 13.8 Å². The fourth-order valence-corrected chi connectivity index (χ4v) is 3.56. The summed E-state index contributed by atoms with van der Waals surface area (Å²) in [6, 6.07) is 4.27. The number of carboxylic acid groups (broad SMARTS) is 1. The minimum absolute atomic E-state index is 0.0456. The Bertz CT molecular complexity index is 969. The van der Waals surface area contributed by atoms with Crippen molar-refractivity contribution < 1.29 is 37.9 Å². The van der Waals surface area contributed by atoms with Crippen LogP contribution in [0.2, 0.25) is 0 Å². The van der Waals surface area contributed by atoms with Crippen LogP contribution < -0.4 is 0 Å². The first-order valence-electron chi connectivity index (χ1n) is 11.0. The predicted molar refractivity (Wildman–Crippen MR) is 130 cm³/mol. The van der Waals surface area contributed by atoms with Crippen LogP contribution in [0.25, 0.3) is 0 Å². The first-order valence-corrected chi connectivity index (χ1v) is 11.4. The van der Waals surface area contributed by atoms with Crippen molar-refractivity contribution in [2.45, 2.75) is 84.7 Å². The molecule has 1 aromatic rings.